The third kappa shape index (κ3) is 4.07. The first-order valence-electron chi connectivity index (χ1n) is 6.88. The van der Waals surface area contributed by atoms with Gasteiger partial charge in [0, 0.05) is 11.6 Å². The molecule has 0 amide bonds. The largest absolute Gasteiger partial charge is 0.308 e. The van der Waals surface area contributed by atoms with Crippen molar-refractivity contribution in [2.45, 2.75) is 52.0 Å². The summed E-state index contributed by atoms with van der Waals surface area (Å²) >= 11 is 1.74. The van der Waals surface area contributed by atoms with Gasteiger partial charge in [-0.05, 0) is 38.1 Å². The van der Waals surface area contributed by atoms with Gasteiger partial charge in [-0.25, -0.2) is 4.98 Å². The Bertz CT molecular complexity index is 310. The molecule has 2 rings (SSSR count). The van der Waals surface area contributed by atoms with Gasteiger partial charge in [0.15, 0.2) is 0 Å². The van der Waals surface area contributed by atoms with Crippen LogP contribution in [-0.2, 0) is 0 Å². The molecule has 17 heavy (non-hydrogen) atoms. The smallest absolute Gasteiger partial charge is 0.109 e. The van der Waals surface area contributed by atoms with E-state index in [-0.39, 0.29) is 0 Å². The highest BCUT2D eigenvalue weighted by Crippen LogP contribution is 2.30. The van der Waals surface area contributed by atoms with E-state index >= 15 is 0 Å². The molecule has 0 bridgehead atoms. The zero-order chi connectivity index (χ0) is 12.1. The first-order chi connectivity index (χ1) is 8.25. The van der Waals surface area contributed by atoms with Crippen LogP contribution < -0.4 is 5.32 Å². The molecule has 1 aromatic heterocycles. The van der Waals surface area contributed by atoms with Crippen LogP contribution in [-0.4, -0.2) is 11.5 Å². The highest BCUT2D eigenvalue weighted by molar-refractivity contribution is 7.09. The highest BCUT2D eigenvalue weighted by atomic mass is 32.1. The number of aromatic nitrogens is 1. The Hall–Kier alpha value is -0.410. The molecule has 0 aliphatic heterocycles. The normalized spacial score (nSPS) is 26.9. The fraction of sp³-hybridized carbons (Fsp3) is 0.786. The third-order valence-corrected chi connectivity index (χ3v) is 4.83. The molecule has 1 aliphatic rings. The molecule has 1 fully saturated rings. The third-order valence-electron chi connectivity index (χ3n) is 3.87. The molecule has 0 radical (unpaired) electrons. The van der Waals surface area contributed by atoms with Crippen molar-refractivity contribution in [3.63, 3.8) is 0 Å². The van der Waals surface area contributed by atoms with Gasteiger partial charge < -0.3 is 5.32 Å². The minimum absolute atomic E-state index is 0.413. The van der Waals surface area contributed by atoms with Crippen molar-refractivity contribution in [1.82, 2.24) is 10.3 Å². The molecule has 1 saturated carbocycles. The van der Waals surface area contributed by atoms with Gasteiger partial charge in [0.25, 0.3) is 0 Å². The predicted octanol–water partition coefficient (Wildman–Crippen LogP) is 4.01. The van der Waals surface area contributed by atoms with Crippen LogP contribution in [0.2, 0.25) is 0 Å². The average Bonchev–Trinajstić information content (AvgIpc) is 2.82. The molecule has 3 atom stereocenters. The summed E-state index contributed by atoms with van der Waals surface area (Å²) in [6, 6.07) is 0.413. The Morgan fingerprint density at radius 3 is 3.12 bits per heavy atom. The molecule has 0 spiro atoms. The van der Waals surface area contributed by atoms with Crippen LogP contribution in [0, 0.1) is 11.8 Å². The van der Waals surface area contributed by atoms with E-state index < -0.39 is 0 Å². The van der Waals surface area contributed by atoms with Crippen LogP contribution in [0.25, 0.3) is 0 Å². The van der Waals surface area contributed by atoms with Crippen LogP contribution in [0.4, 0.5) is 0 Å². The van der Waals surface area contributed by atoms with E-state index in [1.54, 1.807) is 11.3 Å². The number of nitrogens with zero attached hydrogens (tertiary/aromatic N) is 1. The van der Waals surface area contributed by atoms with Crippen LogP contribution in [0.15, 0.2) is 11.6 Å². The van der Waals surface area contributed by atoms with Crippen molar-refractivity contribution in [1.29, 1.82) is 0 Å². The molecule has 1 aliphatic carbocycles. The van der Waals surface area contributed by atoms with Gasteiger partial charge in [-0.3, -0.25) is 0 Å². The maximum absolute atomic E-state index is 4.35. The maximum Gasteiger partial charge on any atom is 0.109 e. The van der Waals surface area contributed by atoms with Crippen LogP contribution in [0.3, 0.4) is 0 Å². The van der Waals surface area contributed by atoms with Crippen LogP contribution in [0.5, 0.6) is 0 Å². The van der Waals surface area contributed by atoms with E-state index in [9.17, 15) is 0 Å². The second kappa shape index (κ2) is 6.50. The Balaban J connectivity index is 1.65. The van der Waals surface area contributed by atoms with E-state index in [0.29, 0.717) is 6.04 Å². The topological polar surface area (TPSA) is 24.9 Å². The fourth-order valence-electron chi connectivity index (χ4n) is 2.86. The zero-order valence-corrected chi connectivity index (χ0v) is 11.8. The summed E-state index contributed by atoms with van der Waals surface area (Å²) in [4.78, 5) is 4.35. The summed E-state index contributed by atoms with van der Waals surface area (Å²) in [5.74, 6) is 1.90. The van der Waals surface area contributed by atoms with Gasteiger partial charge in [-0.2, -0.15) is 0 Å². The summed E-state index contributed by atoms with van der Waals surface area (Å²) in [5.41, 5.74) is 0. The van der Waals surface area contributed by atoms with E-state index in [1.165, 1.54) is 37.1 Å². The zero-order valence-electron chi connectivity index (χ0n) is 11.0. The van der Waals surface area contributed by atoms with Crippen molar-refractivity contribution in [2.24, 2.45) is 11.8 Å². The van der Waals surface area contributed by atoms with E-state index in [1.807, 2.05) is 6.20 Å². The number of hydrogen-bond acceptors (Lipinski definition) is 3. The van der Waals surface area contributed by atoms with Gasteiger partial charge in [-0.1, -0.05) is 26.2 Å². The van der Waals surface area contributed by atoms with E-state index in [2.05, 4.69) is 29.5 Å². The molecule has 1 aromatic rings. The van der Waals surface area contributed by atoms with Crippen molar-refractivity contribution in [2.75, 3.05) is 6.54 Å². The molecular weight excluding hydrogens is 228 g/mol. The molecule has 0 aromatic carbocycles. The Morgan fingerprint density at radius 2 is 2.41 bits per heavy atom. The summed E-state index contributed by atoms with van der Waals surface area (Å²) in [7, 11) is 0. The van der Waals surface area contributed by atoms with Gasteiger partial charge in [0.2, 0.25) is 0 Å². The van der Waals surface area contributed by atoms with Gasteiger partial charge in [0.1, 0.15) is 5.01 Å². The maximum atomic E-state index is 4.35. The summed E-state index contributed by atoms with van der Waals surface area (Å²) < 4.78 is 0. The second-order valence-corrected chi connectivity index (χ2v) is 6.40. The minimum Gasteiger partial charge on any atom is -0.308 e. The van der Waals surface area contributed by atoms with Gasteiger partial charge in [0.05, 0.1) is 6.04 Å². The Labute approximate surface area is 109 Å². The molecule has 0 saturated heterocycles. The Kier molecular flexibility index (Phi) is 4.99. The monoisotopic (exact) mass is 252 g/mol. The van der Waals surface area contributed by atoms with E-state index in [4.69, 9.17) is 0 Å². The highest BCUT2D eigenvalue weighted by Gasteiger charge is 2.18. The fourth-order valence-corrected chi connectivity index (χ4v) is 3.53. The lowest BCUT2D eigenvalue weighted by molar-refractivity contribution is 0.265. The quantitative estimate of drug-likeness (QED) is 0.856. The number of hydrogen-bond donors (Lipinski definition) is 1. The molecular formula is C14H24N2S. The predicted molar refractivity (Wildman–Crippen MR) is 74.3 cm³/mol. The molecule has 2 nitrogen and oxygen atoms in total. The summed E-state index contributed by atoms with van der Waals surface area (Å²) in [6.45, 7) is 5.75. The minimum atomic E-state index is 0.413. The number of rotatable bonds is 5. The SMILES string of the molecule is CC1CCCC(CCNC(C)c2nccs2)C1. The van der Waals surface area contributed by atoms with Gasteiger partial charge in [-0.15, -0.1) is 11.3 Å². The molecule has 1 heterocycles. The van der Waals surface area contributed by atoms with Crippen molar-refractivity contribution in [3.05, 3.63) is 16.6 Å². The van der Waals surface area contributed by atoms with Gasteiger partial charge >= 0.3 is 0 Å². The van der Waals surface area contributed by atoms with Crippen LogP contribution >= 0.6 is 11.3 Å². The first kappa shape index (κ1) is 13.0. The summed E-state index contributed by atoms with van der Waals surface area (Å²) in [6.07, 6.45) is 8.99. The van der Waals surface area contributed by atoms with Crippen molar-refractivity contribution in [3.8, 4) is 0 Å². The number of nitrogens with one attached hydrogen (secondary N) is 1. The Morgan fingerprint density at radius 1 is 1.53 bits per heavy atom. The first-order valence-corrected chi connectivity index (χ1v) is 7.76. The average molecular weight is 252 g/mol. The lowest BCUT2D eigenvalue weighted by Gasteiger charge is -2.27. The van der Waals surface area contributed by atoms with Crippen LogP contribution in [0.1, 0.15) is 57.0 Å². The number of thiazole rings is 1. The molecule has 3 unspecified atom stereocenters. The van der Waals surface area contributed by atoms with E-state index in [0.717, 1.165) is 18.4 Å². The second-order valence-electron chi connectivity index (χ2n) is 5.47. The van der Waals surface area contributed by atoms with Crippen molar-refractivity contribution >= 4 is 11.3 Å². The molecule has 96 valence electrons. The molecule has 1 N–H and O–H groups in total. The molecule has 3 heteroatoms. The summed E-state index contributed by atoms with van der Waals surface area (Å²) in [5, 5.41) is 6.86. The standard InChI is InChI=1S/C14H24N2S/c1-11-4-3-5-13(10-11)6-7-15-12(2)14-16-8-9-17-14/h8-9,11-13,15H,3-7,10H2,1-2H3. The lowest BCUT2D eigenvalue weighted by Crippen LogP contribution is -2.23. The lowest BCUT2D eigenvalue weighted by atomic mass is 9.81. The van der Waals surface area contributed by atoms with Crippen molar-refractivity contribution < 1.29 is 0 Å².